The number of fused-ring (bicyclic) bond motifs is 1. The van der Waals surface area contributed by atoms with Crippen LogP contribution in [0.15, 0.2) is 72.8 Å². The highest BCUT2D eigenvalue weighted by molar-refractivity contribution is 5.88. The molecule has 2 atom stereocenters. The quantitative estimate of drug-likeness (QED) is 0.426. The van der Waals surface area contributed by atoms with E-state index in [0.717, 1.165) is 22.3 Å². The second-order valence-electron chi connectivity index (χ2n) is 9.96. The van der Waals surface area contributed by atoms with Crippen molar-refractivity contribution in [3.8, 4) is 5.75 Å². The first-order valence-corrected chi connectivity index (χ1v) is 12.6. The maximum atomic E-state index is 13.8. The van der Waals surface area contributed by atoms with Gasteiger partial charge in [-0.2, -0.15) is 0 Å². The van der Waals surface area contributed by atoms with Gasteiger partial charge in [0.1, 0.15) is 18.4 Å². The first kappa shape index (κ1) is 25.9. The van der Waals surface area contributed by atoms with E-state index >= 15 is 0 Å². The lowest BCUT2D eigenvalue weighted by atomic mass is 9.89. The van der Waals surface area contributed by atoms with E-state index in [9.17, 15) is 23.5 Å². The average molecular weight is 522 g/mol. The summed E-state index contributed by atoms with van der Waals surface area (Å²) in [6.45, 7) is 2.27. The molecule has 0 aromatic heterocycles. The number of carbonyl (C=O) groups excluding carboxylic acids is 1. The zero-order valence-electron chi connectivity index (χ0n) is 21.0. The highest BCUT2D eigenvalue weighted by Gasteiger charge is 2.49. The second-order valence-corrected chi connectivity index (χ2v) is 9.96. The Morgan fingerprint density at radius 3 is 2.32 bits per heavy atom. The van der Waals surface area contributed by atoms with E-state index in [2.05, 4.69) is 0 Å². The number of halogens is 2. The van der Waals surface area contributed by atoms with Crippen LogP contribution in [0.1, 0.15) is 46.8 Å². The summed E-state index contributed by atoms with van der Waals surface area (Å²) in [5, 5.41) is 10.1. The molecule has 1 aliphatic carbocycles. The Labute approximate surface area is 219 Å². The van der Waals surface area contributed by atoms with Gasteiger partial charge in [-0.1, -0.05) is 72.8 Å². The minimum Gasteiger partial charge on any atom is -0.488 e. The van der Waals surface area contributed by atoms with E-state index in [-0.39, 0.29) is 13.0 Å². The minimum absolute atomic E-state index is 0.0423. The summed E-state index contributed by atoms with van der Waals surface area (Å²) in [6, 6.07) is 20.9. The normalized spacial score (nSPS) is 19.2. The Kier molecular flexibility index (Phi) is 7.17. The zero-order chi connectivity index (χ0) is 26.9. The molecule has 1 unspecified atom stereocenters. The fourth-order valence-corrected chi connectivity index (χ4v) is 5.09. The number of amides is 1. The summed E-state index contributed by atoms with van der Waals surface area (Å²) < 4.78 is 39.1. The lowest BCUT2D eigenvalue weighted by molar-refractivity contribution is -0.193. The highest BCUT2D eigenvalue weighted by atomic mass is 19.3. The second kappa shape index (κ2) is 10.5. The van der Waals surface area contributed by atoms with Crippen LogP contribution in [0.4, 0.5) is 8.78 Å². The van der Waals surface area contributed by atoms with Gasteiger partial charge in [0.2, 0.25) is 0 Å². The van der Waals surface area contributed by atoms with Gasteiger partial charge >= 0.3 is 5.97 Å². The third kappa shape index (κ3) is 5.41. The molecule has 0 radical (unpaired) electrons. The first-order valence-electron chi connectivity index (χ1n) is 12.6. The Hall–Kier alpha value is -3.78. The molecule has 1 heterocycles. The Bertz CT molecular complexity index is 1310. The summed E-state index contributed by atoms with van der Waals surface area (Å²) in [6.07, 6.45) is -2.82. The molecule has 1 fully saturated rings. The van der Waals surface area contributed by atoms with Crippen molar-refractivity contribution in [2.75, 3.05) is 0 Å². The molecule has 6 nitrogen and oxygen atoms in total. The molecule has 38 heavy (non-hydrogen) atoms. The topological polar surface area (TPSA) is 76.1 Å². The van der Waals surface area contributed by atoms with Gasteiger partial charge < -0.3 is 19.5 Å². The van der Waals surface area contributed by atoms with Crippen LogP contribution < -0.4 is 4.74 Å². The summed E-state index contributed by atoms with van der Waals surface area (Å²) in [4.78, 5) is 27.5. The monoisotopic (exact) mass is 521 g/mol. The third-order valence-corrected chi connectivity index (χ3v) is 7.17. The SMILES string of the molecule is Cc1ccc2c(c1OCc1ccccc1)C[C@@H](C(=O)O)N(C(=O)C(OC1CC(F)(F)C1)c1ccccc1)C2. The molecule has 8 heteroatoms. The van der Waals surface area contributed by atoms with Crippen LogP contribution in [-0.4, -0.2) is 40.0 Å². The number of alkyl halides is 2. The summed E-state index contributed by atoms with van der Waals surface area (Å²) in [5.41, 5.74) is 3.90. The number of carboxylic acid groups (broad SMARTS) is 1. The summed E-state index contributed by atoms with van der Waals surface area (Å²) >= 11 is 0. The van der Waals surface area contributed by atoms with E-state index < -0.39 is 48.9 Å². The number of hydrogen-bond donors (Lipinski definition) is 1. The van der Waals surface area contributed by atoms with Gasteiger partial charge in [-0.3, -0.25) is 4.79 Å². The third-order valence-electron chi connectivity index (χ3n) is 7.17. The van der Waals surface area contributed by atoms with Crippen LogP contribution in [0.2, 0.25) is 0 Å². The molecule has 1 N–H and O–H groups in total. The van der Waals surface area contributed by atoms with E-state index in [1.807, 2.05) is 49.4 Å². The lowest BCUT2D eigenvalue weighted by Gasteiger charge is -2.40. The Balaban J connectivity index is 1.43. The molecule has 1 amide bonds. The van der Waals surface area contributed by atoms with E-state index in [1.54, 1.807) is 30.3 Å². The first-order chi connectivity index (χ1) is 18.2. The highest BCUT2D eigenvalue weighted by Crippen LogP contribution is 2.42. The number of hydrogen-bond acceptors (Lipinski definition) is 4. The van der Waals surface area contributed by atoms with Crippen molar-refractivity contribution in [1.82, 2.24) is 4.90 Å². The number of nitrogens with zero attached hydrogens (tertiary/aromatic N) is 1. The molecule has 3 aromatic carbocycles. The lowest BCUT2D eigenvalue weighted by Crippen LogP contribution is -2.51. The van der Waals surface area contributed by atoms with Gasteiger partial charge in [0.25, 0.3) is 11.8 Å². The molecule has 0 spiro atoms. The summed E-state index contributed by atoms with van der Waals surface area (Å²) in [7, 11) is 0. The largest absolute Gasteiger partial charge is 0.488 e. The van der Waals surface area contributed by atoms with Crippen molar-refractivity contribution < 1.29 is 33.0 Å². The summed E-state index contributed by atoms with van der Waals surface area (Å²) in [5.74, 6) is -3.90. The number of benzene rings is 3. The fourth-order valence-electron chi connectivity index (χ4n) is 5.09. The zero-order valence-corrected chi connectivity index (χ0v) is 21.0. The molecule has 0 bridgehead atoms. The van der Waals surface area contributed by atoms with Crippen LogP contribution in [0.25, 0.3) is 0 Å². The van der Waals surface area contributed by atoms with Gasteiger partial charge in [-0.25, -0.2) is 13.6 Å². The molecular weight excluding hydrogens is 492 g/mol. The van der Waals surface area contributed by atoms with Crippen LogP contribution >= 0.6 is 0 Å². The van der Waals surface area contributed by atoms with E-state index in [0.29, 0.717) is 17.9 Å². The molecule has 3 aromatic rings. The van der Waals surface area contributed by atoms with Crippen molar-refractivity contribution in [1.29, 1.82) is 0 Å². The van der Waals surface area contributed by atoms with Crippen molar-refractivity contribution >= 4 is 11.9 Å². The van der Waals surface area contributed by atoms with Crippen LogP contribution in [0.5, 0.6) is 5.75 Å². The molecule has 1 saturated carbocycles. The minimum atomic E-state index is -2.81. The number of ether oxygens (including phenoxy) is 2. The number of aryl methyl sites for hydroxylation is 1. The number of carboxylic acids is 1. The smallest absolute Gasteiger partial charge is 0.326 e. The van der Waals surface area contributed by atoms with Gasteiger partial charge in [-0.15, -0.1) is 0 Å². The molecule has 5 rings (SSSR count). The van der Waals surface area contributed by atoms with Gasteiger partial charge in [0.05, 0.1) is 6.10 Å². The Morgan fingerprint density at radius 1 is 1.03 bits per heavy atom. The van der Waals surface area contributed by atoms with Crippen LogP contribution in [-0.2, 0) is 33.9 Å². The van der Waals surface area contributed by atoms with Crippen molar-refractivity contribution in [2.45, 2.75) is 63.5 Å². The molecule has 2 aliphatic rings. The predicted molar refractivity (Wildman–Crippen MR) is 136 cm³/mol. The maximum absolute atomic E-state index is 13.8. The number of carbonyl (C=O) groups is 2. The van der Waals surface area contributed by atoms with Gasteiger partial charge in [0, 0.05) is 31.4 Å². The van der Waals surface area contributed by atoms with E-state index in [4.69, 9.17) is 9.47 Å². The predicted octanol–water partition coefficient (Wildman–Crippen LogP) is 5.47. The molecule has 0 saturated heterocycles. The van der Waals surface area contributed by atoms with E-state index in [1.165, 1.54) is 4.90 Å². The van der Waals surface area contributed by atoms with Crippen molar-refractivity contribution in [3.05, 3.63) is 101 Å². The number of rotatable bonds is 8. The molecule has 198 valence electrons. The maximum Gasteiger partial charge on any atom is 0.326 e. The molecule has 1 aliphatic heterocycles. The van der Waals surface area contributed by atoms with Crippen LogP contribution in [0.3, 0.4) is 0 Å². The van der Waals surface area contributed by atoms with Gasteiger partial charge in [0.15, 0.2) is 6.10 Å². The Morgan fingerprint density at radius 2 is 1.68 bits per heavy atom. The molecular formula is C30H29F2NO5. The fraction of sp³-hybridized carbons (Fsp3) is 0.333. The van der Waals surface area contributed by atoms with Crippen molar-refractivity contribution in [3.63, 3.8) is 0 Å². The average Bonchev–Trinajstić information content (AvgIpc) is 2.90. The van der Waals surface area contributed by atoms with Crippen LogP contribution in [0, 0.1) is 6.92 Å². The number of aliphatic carboxylic acids is 1. The van der Waals surface area contributed by atoms with Crippen molar-refractivity contribution in [2.24, 2.45) is 0 Å². The standard InChI is InChI=1S/C30H29F2NO5/c1-19-12-13-22-17-33(25(29(35)36)14-24(22)26(19)37-18-20-8-4-2-5-9-20)28(34)27(21-10-6-3-7-11-21)38-23-15-30(31,32)16-23/h2-13,23,25,27H,14-18H2,1H3,(H,35,36)/t25-,27?/m0/s1. The van der Waals surface area contributed by atoms with Gasteiger partial charge in [-0.05, 0) is 29.2 Å².